The van der Waals surface area contributed by atoms with Crippen LogP contribution in [0.3, 0.4) is 0 Å². The molecule has 1 unspecified atom stereocenters. The Balaban J connectivity index is 2.90. The average Bonchev–Trinajstić information content (AvgIpc) is 2.33. The number of sulfonamides is 1. The van der Waals surface area contributed by atoms with Crippen molar-refractivity contribution in [2.75, 3.05) is 6.54 Å². The zero-order valence-corrected chi connectivity index (χ0v) is 12.8. The Labute approximate surface area is 116 Å². The van der Waals surface area contributed by atoms with Crippen LogP contribution >= 0.6 is 0 Å². The molecule has 0 saturated heterocycles. The van der Waals surface area contributed by atoms with Gasteiger partial charge in [0.2, 0.25) is 10.0 Å². The maximum Gasteiger partial charge on any atom is 0.240 e. The highest BCUT2D eigenvalue weighted by Crippen LogP contribution is 2.15. The van der Waals surface area contributed by atoms with Crippen molar-refractivity contribution in [3.63, 3.8) is 0 Å². The number of rotatable bonds is 7. The van der Waals surface area contributed by atoms with E-state index in [9.17, 15) is 8.42 Å². The Morgan fingerprint density at radius 2 is 1.79 bits per heavy atom. The molecule has 0 radical (unpaired) electrons. The zero-order valence-electron chi connectivity index (χ0n) is 11.9. The SMILES string of the molecule is CCCCC(CN)NS(=O)(=O)c1cc(C)cc(C)c1. The molecule has 0 aromatic heterocycles. The molecule has 0 aliphatic heterocycles. The second-order valence-corrected chi connectivity index (χ2v) is 6.73. The number of benzene rings is 1. The molecule has 0 saturated carbocycles. The summed E-state index contributed by atoms with van der Waals surface area (Å²) in [6, 6.07) is 5.13. The van der Waals surface area contributed by atoms with Gasteiger partial charge in [-0.15, -0.1) is 0 Å². The summed E-state index contributed by atoms with van der Waals surface area (Å²) in [4.78, 5) is 0.319. The maximum atomic E-state index is 12.3. The summed E-state index contributed by atoms with van der Waals surface area (Å²) in [5, 5.41) is 0. The van der Waals surface area contributed by atoms with Gasteiger partial charge in [-0.25, -0.2) is 13.1 Å². The number of hydrogen-bond donors (Lipinski definition) is 2. The van der Waals surface area contributed by atoms with Gasteiger partial charge >= 0.3 is 0 Å². The first-order chi connectivity index (χ1) is 8.89. The van der Waals surface area contributed by atoms with Gasteiger partial charge in [-0.3, -0.25) is 0 Å². The molecule has 19 heavy (non-hydrogen) atoms. The van der Waals surface area contributed by atoms with E-state index in [1.165, 1.54) is 0 Å². The third-order valence-corrected chi connectivity index (χ3v) is 4.52. The van der Waals surface area contributed by atoms with Crippen molar-refractivity contribution in [3.05, 3.63) is 29.3 Å². The second-order valence-electron chi connectivity index (χ2n) is 5.02. The predicted molar refractivity (Wildman–Crippen MR) is 78.6 cm³/mol. The van der Waals surface area contributed by atoms with E-state index in [4.69, 9.17) is 5.73 Å². The highest BCUT2D eigenvalue weighted by molar-refractivity contribution is 7.89. The van der Waals surface area contributed by atoms with E-state index in [2.05, 4.69) is 11.6 Å². The lowest BCUT2D eigenvalue weighted by Gasteiger charge is -2.17. The van der Waals surface area contributed by atoms with Crippen LogP contribution in [0, 0.1) is 13.8 Å². The van der Waals surface area contributed by atoms with Crippen molar-refractivity contribution >= 4 is 10.0 Å². The van der Waals surface area contributed by atoms with Crippen LogP contribution in [0.25, 0.3) is 0 Å². The standard InChI is InChI=1S/C14H24N2O2S/c1-4-5-6-13(10-15)16-19(17,18)14-8-11(2)7-12(3)9-14/h7-9,13,16H,4-6,10,15H2,1-3H3. The van der Waals surface area contributed by atoms with Crippen molar-refractivity contribution in [2.24, 2.45) is 5.73 Å². The quantitative estimate of drug-likeness (QED) is 0.805. The fourth-order valence-corrected chi connectivity index (χ4v) is 3.52. The molecule has 0 aliphatic rings. The van der Waals surface area contributed by atoms with E-state index in [1.54, 1.807) is 12.1 Å². The van der Waals surface area contributed by atoms with Crippen LogP contribution in [0.5, 0.6) is 0 Å². The Kier molecular flexibility index (Phi) is 5.97. The number of hydrogen-bond acceptors (Lipinski definition) is 3. The third-order valence-electron chi connectivity index (χ3n) is 3.02. The Morgan fingerprint density at radius 1 is 1.21 bits per heavy atom. The number of nitrogens with two attached hydrogens (primary N) is 1. The molecular formula is C14H24N2O2S. The van der Waals surface area contributed by atoms with E-state index in [0.717, 1.165) is 30.4 Å². The molecule has 1 aromatic carbocycles. The van der Waals surface area contributed by atoms with Crippen molar-refractivity contribution in [3.8, 4) is 0 Å². The summed E-state index contributed by atoms with van der Waals surface area (Å²) < 4.78 is 27.3. The van der Waals surface area contributed by atoms with E-state index >= 15 is 0 Å². The van der Waals surface area contributed by atoms with Gasteiger partial charge in [0, 0.05) is 12.6 Å². The van der Waals surface area contributed by atoms with Crippen molar-refractivity contribution in [2.45, 2.75) is 51.0 Å². The smallest absolute Gasteiger partial charge is 0.240 e. The third kappa shape index (κ3) is 4.93. The van der Waals surface area contributed by atoms with Crippen LogP contribution in [-0.4, -0.2) is 21.0 Å². The van der Waals surface area contributed by atoms with Gasteiger partial charge in [-0.05, 0) is 43.5 Å². The fraction of sp³-hybridized carbons (Fsp3) is 0.571. The molecule has 5 heteroatoms. The Bertz CT molecular complexity index is 492. The summed E-state index contributed by atoms with van der Waals surface area (Å²) >= 11 is 0. The van der Waals surface area contributed by atoms with E-state index in [0.29, 0.717) is 11.4 Å². The molecule has 4 nitrogen and oxygen atoms in total. The first-order valence-corrected chi connectivity index (χ1v) is 8.18. The molecule has 1 aromatic rings. The zero-order chi connectivity index (χ0) is 14.5. The Hall–Kier alpha value is -0.910. The van der Waals surface area contributed by atoms with Crippen LogP contribution in [0.1, 0.15) is 37.3 Å². The maximum absolute atomic E-state index is 12.3. The number of nitrogens with one attached hydrogen (secondary N) is 1. The normalized spacial score (nSPS) is 13.5. The van der Waals surface area contributed by atoms with Crippen LogP contribution < -0.4 is 10.5 Å². The van der Waals surface area contributed by atoms with Crippen LogP contribution in [-0.2, 0) is 10.0 Å². The summed E-state index contributed by atoms with van der Waals surface area (Å²) in [5.74, 6) is 0. The molecule has 0 aliphatic carbocycles. The summed E-state index contributed by atoms with van der Waals surface area (Å²) in [6.07, 6.45) is 2.77. The molecular weight excluding hydrogens is 260 g/mol. The minimum atomic E-state index is -3.48. The van der Waals surface area contributed by atoms with Crippen molar-refractivity contribution < 1.29 is 8.42 Å². The first-order valence-electron chi connectivity index (χ1n) is 6.69. The largest absolute Gasteiger partial charge is 0.329 e. The first kappa shape index (κ1) is 16.1. The van der Waals surface area contributed by atoms with Gasteiger partial charge < -0.3 is 5.73 Å². The summed E-state index contributed by atoms with van der Waals surface area (Å²) in [6.45, 7) is 6.18. The fourth-order valence-electron chi connectivity index (χ4n) is 2.05. The molecule has 0 spiro atoms. The highest BCUT2D eigenvalue weighted by Gasteiger charge is 2.19. The van der Waals surface area contributed by atoms with Crippen LogP contribution in [0.2, 0.25) is 0 Å². The lowest BCUT2D eigenvalue weighted by Crippen LogP contribution is -2.40. The topological polar surface area (TPSA) is 72.2 Å². The Morgan fingerprint density at radius 3 is 2.26 bits per heavy atom. The lowest BCUT2D eigenvalue weighted by atomic mass is 10.1. The van der Waals surface area contributed by atoms with Crippen LogP contribution in [0.4, 0.5) is 0 Å². The van der Waals surface area contributed by atoms with Gasteiger partial charge in [0.1, 0.15) is 0 Å². The molecule has 0 heterocycles. The van der Waals surface area contributed by atoms with E-state index in [-0.39, 0.29) is 6.04 Å². The van der Waals surface area contributed by atoms with Gasteiger partial charge in [0.25, 0.3) is 0 Å². The second kappa shape index (κ2) is 7.03. The molecule has 108 valence electrons. The minimum absolute atomic E-state index is 0.189. The monoisotopic (exact) mass is 284 g/mol. The number of unbranched alkanes of at least 4 members (excludes halogenated alkanes) is 1. The molecule has 0 fully saturated rings. The molecule has 1 rings (SSSR count). The van der Waals surface area contributed by atoms with Gasteiger partial charge in [0.15, 0.2) is 0 Å². The van der Waals surface area contributed by atoms with Gasteiger partial charge in [-0.1, -0.05) is 25.8 Å². The van der Waals surface area contributed by atoms with Gasteiger partial charge in [0.05, 0.1) is 4.90 Å². The molecule has 0 bridgehead atoms. The minimum Gasteiger partial charge on any atom is -0.329 e. The van der Waals surface area contributed by atoms with E-state index in [1.807, 2.05) is 19.9 Å². The molecule has 1 atom stereocenters. The molecule has 0 amide bonds. The van der Waals surface area contributed by atoms with Crippen molar-refractivity contribution in [1.29, 1.82) is 0 Å². The average molecular weight is 284 g/mol. The van der Waals surface area contributed by atoms with Gasteiger partial charge in [-0.2, -0.15) is 0 Å². The lowest BCUT2D eigenvalue weighted by molar-refractivity contribution is 0.516. The van der Waals surface area contributed by atoms with Crippen molar-refractivity contribution in [1.82, 2.24) is 4.72 Å². The van der Waals surface area contributed by atoms with Crippen LogP contribution in [0.15, 0.2) is 23.1 Å². The number of aryl methyl sites for hydroxylation is 2. The summed E-state index contributed by atoms with van der Waals surface area (Å²) in [7, 11) is -3.48. The molecule has 3 N–H and O–H groups in total. The van der Waals surface area contributed by atoms with E-state index < -0.39 is 10.0 Å². The predicted octanol–water partition coefficient (Wildman–Crippen LogP) is 2.10. The highest BCUT2D eigenvalue weighted by atomic mass is 32.2. The summed E-state index contributed by atoms with van der Waals surface area (Å²) in [5.41, 5.74) is 7.52.